The van der Waals surface area contributed by atoms with Crippen molar-refractivity contribution in [2.45, 2.75) is 20.3 Å². The molecule has 17 heavy (non-hydrogen) atoms. The third kappa shape index (κ3) is 4.19. The number of carbonyl (C=O) groups excluding carboxylic acids is 2. The largest absolute Gasteiger partial charge is 0.465 e. The molecule has 92 valence electrons. The van der Waals surface area contributed by atoms with Crippen molar-refractivity contribution in [3.8, 4) is 0 Å². The highest BCUT2D eigenvalue weighted by atomic mass is 35.5. The first-order valence-corrected chi connectivity index (χ1v) is 5.86. The van der Waals surface area contributed by atoms with E-state index in [0.717, 1.165) is 5.56 Å². The fourth-order valence-electron chi connectivity index (χ4n) is 1.36. The van der Waals surface area contributed by atoms with E-state index in [2.05, 4.69) is 0 Å². The first-order valence-electron chi connectivity index (χ1n) is 5.48. The first-order chi connectivity index (χ1) is 8.04. The quantitative estimate of drug-likeness (QED) is 0.599. The lowest BCUT2D eigenvalue weighted by atomic mass is 10.00. The Morgan fingerprint density at radius 1 is 1.29 bits per heavy atom. The molecular weight excluding hydrogens is 240 g/mol. The second kappa shape index (κ2) is 6.40. The van der Waals surface area contributed by atoms with Crippen molar-refractivity contribution in [2.75, 3.05) is 6.61 Å². The minimum absolute atomic E-state index is 0.147. The van der Waals surface area contributed by atoms with Gasteiger partial charge in [-0.2, -0.15) is 0 Å². The fourth-order valence-corrected chi connectivity index (χ4v) is 1.48. The van der Waals surface area contributed by atoms with E-state index in [0.29, 0.717) is 5.02 Å². The zero-order chi connectivity index (χ0) is 12.8. The number of carbonyl (C=O) groups is 2. The molecular formula is C13H15ClO3. The van der Waals surface area contributed by atoms with Crippen molar-refractivity contribution in [1.82, 2.24) is 0 Å². The van der Waals surface area contributed by atoms with Crippen LogP contribution in [0.5, 0.6) is 0 Å². The topological polar surface area (TPSA) is 43.4 Å². The van der Waals surface area contributed by atoms with E-state index in [1.165, 1.54) is 0 Å². The summed E-state index contributed by atoms with van der Waals surface area (Å²) in [5.74, 6) is -1.33. The van der Waals surface area contributed by atoms with Gasteiger partial charge in [0.1, 0.15) is 5.92 Å². The molecule has 1 aromatic rings. The predicted molar refractivity (Wildman–Crippen MR) is 66.0 cm³/mol. The Kier molecular flexibility index (Phi) is 5.16. The maximum Gasteiger partial charge on any atom is 0.316 e. The Morgan fingerprint density at radius 3 is 2.41 bits per heavy atom. The summed E-state index contributed by atoms with van der Waals surface area (Å²) in [5.41, 5.74) is 0.843. The number of halogens is 1. The van der Waals surface area contributed by atoms with Crippen LogP contribution in [0.1, 0.15) is 19.4 Å². The second-order valence-electron chi connectivity index (χ2n) is 3.74. The minimum atomic E-state index is -0.717. The normalized spacial score (nSPS) is 11.9. The van der Waals surface area contributed by atoms with Gasteiger partial charge in [-0.15, -0.1) is 0 Å². The van der Waals surface area contributed by atoms with Crippen LogP contribution in [0.15, 0.2) is 24.3 Å². The first kappa shape index (κ1) is 13.7. The SMILES string of the molecule is CCOC(=O)[C@H](C)C(=O)Cc1ccc(Cl)cc1. The molecule has 0 spiro atoms. The third-order valence-corrected chi connectivity index (χ3v) is 2.67. The average Bonchev–Trinajstić information content (AvgIpc) is 2.31. The molecule has 0 aliphatic rings. The summed E-state index contributed by atoms with van der Waals surface area (Å²) in [6.07, 6.45) is 0.219. The molecule has 0 amide bonds. The van der Waals surface area contributed by atoms with Crippen molar-refractivity contribution >= 4 is 23.4 Å². The molecule has 0 saturated carbocycles. The van der Waals surface area contributed by atoms with Gasteiger partial charge >= 0.3 is 5.97 Å². The molecule has 0 fully saturated rings. The molecule has 1 aromatic carbocycles. The molecule has 0 aliphatic carbocycles. The lowest BCUT2D eigenvalue weighted by Gasteiger charge is -2.09. The predicted octanol–water partition coefficient (Wildman–Crippen LogP) is 2.65. The molecule has 4 heteroatoms. The van der Waals surface area contributed by atoms with Crippen LogP contribution in [-0.4, -0.2) is 18.4 Å². The van der Waals surface area contributed by atoms with Crippen molar-refractivity contribution in [2.24, 2.45) is 5.92 Å². The number of benzene rings is 1. The summed E-state index contributed by atoms with van der Waals surface area (Å²) in [4.78, 5) is 23.1. The Morgan fingerprint density at radius 2 is 1.88 bits per heavy atom. The van der Waals surface area contributed by atoms with Crippen molar-refractivity contribution < 1.29 is 14.3 Å². The van der Waals surface area contributed by atoms with Crippen LogP contribution in [0.25, 0.3) is 0 Å². The van der Waals surface area contributed by atoms with Crippen LogP contribution < -0.4 is 0 Å². The van der Waals surface area contributed by atoms with Crippen LogP contribution >= 0.6 is 11.6 Å². The van der Waals surface area contributed by atoms with Gasteiger partial charge in [0, 0.05) is 11.4 Å². The van der Waals surface area contributed by atoms with Crippen molar-refractivity contribution in [1.29, 1.82) is 0 Å². The minimum Gasteiger partial charge on any atom is -0.465 e. The maximum atomic E-state index is 11.8. The monoisotopic (exact) mass is 254 g/mol. The Bertz CT molecular complexity index is 398. The lowest BCUT2D eigenvalue weighted by molar-refractivity contribution is -0.150. The van der Waals surface area contributed by atoms with Crippen LogP contribution in [0.2, 0.25) is 5.02 Å². The van der Waals surface area contributed by atoms with Gasteiger partial charge in [0.25, 0.3) is 0 Å². The van der Waals surface area contributed by atoms with Gasteiger partial charge in [-0.25, -0.2) is 0 Å². The summed E-state index contributed by atoms with van der Waals surface area (Å²) in [6.45, 7) is 3.57. The lowest BCUT2D eigenvalue weighted by Crippen LogP contribution is -2.24. The highest BCUT2D eigenvalue weighted by molar-refractivity contribution is 6.30. The third-order valence-electron chi connectivity index (χ3n) is 2.41. The number of esters is 1. The summed E-state index contributed by atoms with van der Waals surface area (Å²) < 4.78 is 4.80. The van der Waals surface area contributed by atoms with Crippen molar-refractivity contribution in [3.05, 3.63) is 34.9 Å². The zero-order valence-electron chi connectivity index (χ0n) is 9.90. The summed E-state index contributed by atoms with van der Waals surface area (Å²) in [6, 6.07) is 6.99. The fraction of sp³-hybridized carbons (Fsp3) is 0.385. The number of ether oxygens (including phenoxy) is 1. The van der Waals surface area contributed by atoms with Gasteiger partial charge in [0.2, 0.25) is 0 Å². The van der Waals surface area contributed by atoms with Gasteiger partial charge in [0.05, 0.1) is 6.61 Å². The van der Waals surface area contributed by atoms with E-state index in [-0.39, 0.29) is 18.8 Å². The Labute approximate surface area is 106 Å². The number of hydrogen-bond donors (Lipinski definition) is 0. The molecule has 0 aromatic heterocycles. The van der Waals surface area contributed by atoms with Gasteiger partial charge < -0.3 is 4.74 Å². The van der Waals surface area contributed by atoms with Crippen LogP contribution in [0.3, 0.4) is 0 Å². The van der Waals surface area contributed by atoms with E-state index >= 15 is 0 Å². The van der Waals surface area contributed by atoms with Gasteiger partial charge in [-0.1, -0.05) is 23.7 Å². The summed E-state index contributed by atoms with van der Waals surface area (Å²) in [7, 11) is 0. The van der Waals surface area contributed by atoms with E-state index in [1.807, 2.05) is 0 Å². The maximum absolute atomic E-state index is 11.8. The standard InChI is InChI=1S/C13H15ClO3/c1-3-17-13(16)9(2)12(15)8-10-4-6-11(14)7-5-10/h4-7,9H,3,8H2,1-2H3/t9-/m1/s1. The smallest absolute Gasteiger partial charge is 0.316 e. The van der Waals surface area contributed by atoms with Gasteiger partial charge in [-0.05, 0) is 31.5 Å². The number of hydrogen-bond acceptors (Lipinski definition) is 3. The van der Waals surface area contributed by atoms with Gasteiger partial charge in [-0.3, -0.25) is 9.59 Å². The highest BCUT2D eigenvalue weighted by Crippen LogP contribution is 2.12. The second-order valence-corrected chi connectivity index (χ2v) is 4.18. The van der Waals surface area contributed by atoms with E-state index < -0.39 is 11.9 Å². The molecule has 0 bridgehead atoms. The van der Waals surface area contributed by atoms with Crippen LogP contribution in [-0.2, 0) is 20.7 Å². The molecule has 0 radical (unpaired) electrons. The molecule has 0 heterocycles. The van der Waals surface area contributed by atoms with Crippen molar-refractivity contribution in [3.63, 3.8) is 0 Å². The average molecular weight is 255 g/mol. The molecule has 1 atom stereocenters. The Balaban J connectivity index is 2.59. The number of ketones is 1. The molecule has 0 N–H and O–H groups in total. The Hall–Kier alpha value is -1.35. The van der Waals surface area contributed by atoms with Crippen LogP contribution in [0.4, 0.5) is 0 Å². The van der Waals surface area contributed by atoms with Gasteiger partial charge in [0.15, 0.2) is 5.78 Å². The van der Waals surface area contributed by atoms with E-state index in [1.54, 1.807) is 38.1 Å². The van der Waals surface area contributed by atoms with Crippen LogP contribution in [0, 0.1) is 5.92 Å². The van der Waals surface area contributed by atoms with E-state index in [4.69, 9.17) is 16.3 Å². The highest BCUT2D eigenvalue weighted by Gasteiger charge is 2.22. The molecule has 0 unspecified atom stereocenters. The molecule has 0 saturated heterocycles. The number of Topliss-reactive ketones (excluding diaryl/α,β-unsaturated/α-hetero) is 1. The number of rotatable bonds is 5. The molecule has 3 nitrogen and oxygen atoms in total. The summed E-state index contributed by atoms with van der Waals surface area (Å²) >= 11 is 5.74. The van der Waals surface area contributed by atoms with E-state index in [9.17, 15) is 9.59 Å². The zero-order valence-corrected chi connectivity index (χ0v) is 10.7. The summed E-state index contributed by atoms with van der Waals surface area (Å²) in [5, 5.41) is 0.625. The molecule has 0 aliphatic heterocycles. The molecule has 1 rings (SSSR count).